The van der Waals surface area contributed by atoms with Crippen molar-refractivity contribution in [1.82, 2.24) is 4.98 Å². The van der Waals surface area contributed by atoms with Crippen LogP contribution < -0.4 is 5.73 Å². The van der Waals surface area contributed by atoms with Crippen LogP contribution in [0.4, 0.5) is 0 Å². The highest BCUT2D eigenvalue weighted by atomic mass is 32.1. The number of ether oxygens (including phenoxy) is 1. The van der Waals surface area contributed by atoms with Crippen molar-refractivity contribution in [2.75, 3.05) is 13.2 Å². The van der Waals surface area contributed by atoms with E-state index in [1.165, 1.54) is 19.3 Å². The molecule has 2 N–H and O–H groups in total. The summed E-state index contributed by atoms with van der Waals surface area (Å²) in [5, 5.41) is 3.15. The molecule has 1 heterocycles. The second-order valence-corrected chi connectivity index (χ2v) is 5.53. The summed E-state index contributed by atoms with van der Waals surface area (Å²) < 4.78 is 5.74. The van der Waals surface area contributed by atoms with Crippen LogP contribution in [0.1, 0.15) is 30.0 Å². The molecule has 0 aliphatic heterocycles. The van der Waals surface area contributed by atoms with E-state index in [0.29, 0.717) is 18.4 Å². The van der Waals surface area contributed by atoms with Crippen molar-refractivity contribution in [2.24, 2.45) is 17.6 Å². The van der Waals surface area contributed by atoms with Gasteiger partial charge < -0.3 is 10.5 Å². The van der Waals surface area contributed by atoms with Crippen molar-refractivity contribution in [3.05, 3.63) is 16.1 Å². The van der Waals surface area contributed by atoms with Crippen molar-refractivity contribution >= 4 is 11.3 Å². The van der Waals surface area contributed by atoms with Crippen LogP contribution in [0.25, 0.3) is 0 Å². The Bertz CT molecular complexity index is 327. The normalized spacial score (nSPS) is 25.1. The Labute approximate surface area is 101 Å². The molecule has 2 unspecified atom stereocenters. The van der Waals surface area contributed by atoms with Gasteiger partial charge in [0.05, 0.1) is 13.2 Å². The lowest BCUT2D eigenvalue weighted by Gasteiger charge is -2.17. The van der Waals surface area contributed by atoms with Crippen LogP contribution in [0.3, 0.4) is 0 Å². The summed E-state index contributed by atoms with van der Waals surface area (Å²) in [5.41, 5.74) is 6.83. The molecule has 1 aliphatic carbocycles. The van der Waals surface area contributed by atoms with E-state index in [-0.39, 0.29) is 0 Å². The predicted molar refractivity (Wildman–Crippen MR) is 66.4 cm³/mol. The second-order valence-electron chi connectivity index (χ2n) is 4.58. The zero-order chi connectivity index (χ0) is 11.4. The standard InChI is InChI=1S/C12H20N2OS/c1-9-8-16-12(14-9)7-15-6-11-4-2-3-10(11)5-13/h8,10-11H,2-7,13H2,1H3. The average Bonchev–Trinajstić information content (AvgIpc) is 2.87. The molecular weight excluding hydrogens is 220 g/mol. The summed E-state index contributed by atoms with van der Waals surface area (Å²) in [6, 6.07) is 0. The molecule has 2 rings (SSSR count). The molecule has 1 fully saturated rings. The molecule has 0 saturated heterocycles. The van der Waals surface area contributed by atoms with Gasteiger partial charge in [0.1, 0.15) is 5.01 Å². The van der Waals surface area contributed by atoms with Crippen LogP contribution in [-0.4, -0.2) is 18.1 Å². The fourth-order valence-electron chi connectivity index (χ4n) is 2.41. The van der Waals surface area contributed by atoms with Gasteiger partial charge in [0.25, 0.3) is 0 Å². The molecule has 2 atom stereocenters. The topological polar surface area (TPSA) is 48.1 Å². The summed E-state index contributed by atoms with van der Waals surface area (Å²) in [6.45, 7) is 4.33. The number of nitrogens with zero attached hydrogens (tertiary/aromatic N) is 1. The maximum atomic E-state index is 5.74. The van der Waals surface area contributed by atoms with E-state index in [1.807, 2.05) is 6.92 Å². The Morgan fingerprint density at radius 1 is 1.50 bits per heavy atom. The van der Waals surface area contributed by atoms with Crippen molar-refractivity contribution in [2.45, 2.75) is 32.8 Å². The van der Waals surface area contributed by atoms with Crippen LogP contribution in [0.2, 0.25) is 0 Å². The van der Waals surface area contributed by atoms with Gasteiger partial charge in [-0.05, 0) is 38.1 Å². The first-order chi connectivity index (χ1) is 7.79. The monoisotopic (exact) mass is 240 g/mol. The molecule has 0 radical (unpaired) electrons. The third kappa shape index (κ3) is 3.03. The molecule has 90 valence electrons. The van der Waals surface area contributed by atoms with Crippen LogP contribution >= 0.6 is 11.3 Å². The highest BCUT2D eigenvalue weighted by molar-refractivity contribution is 7.09. The van der Waals surface area contributed by atoms with Gasteiger partial charge in [-0.3, -0.25) is 0 Å². The fourth-order valence-corrected chi connectivity index (χ4v) is 3.12. The number of thiazole rings is 1. The molecule has 1 saturated carbocycles. The minimum absolute atomic E-state index is 0.659. The van der Waals surface area contributed by atoms with E-state index in [2.05, 4.69) is 10.4 Å². The maximum absolute atomic E-state index is 5.74. The molecule has 16 heavy (non-hydrogen) atoms. The molecule has 0 bridgehead atoms. The molecule has 3 nitrogen and oxygen atoms in total. The van der Waals surface area contributed by atoms with Gasteiger partial charge in [0.15, 0.2) is 0 Å². The number of aromatic nitrogens is 1. The lowest BCUT2D eigenvalue weighted by molar-refractivity contribution is 0.0752. The Kier molecular flexibility index (Phi) is 4.32. The molecule has 1 aliphatic rings. The zero-order valence-corrected chi connectivity index (χ0v) is 10.6. The second kappa shape index (κ2) is 5.75. The SMILES string of the molecule is Cc1csc(COCC2CCCC2CN)n1. The van der Waals surface area contributed by atoms with E-state index in [1.54, 1.807) is 11.3 Å². The average molecular weight is 240 g/mol. The summed E-state index contributed by atoms with van der Waals surface area (Å²) in [6.07, 6.45) is 3.87. The third-order valence-corrected chi connectivity index (χ3v) is 4.28. The van der Waals surface area contributed by atoms with Crippen molar-refractivity contribution < 1.29 is 4.74 Å². The lowest BCUT2D eigenvalue weighted by atomic mass is 9.97. The van der Waals surface area contributed by atoms with E-state index < -0.39 is 0 Å². The molecule has 0 amide bonds. The Hall–Kier alpha value is -0.450. The summed E-state index contributed by atoms with van der Waals surface area (Å²) >= 11 is 1.68. The van der Waals surface area contributed by atoms with E-state index in [9.17, 15) is 0 Å². The van der Waals surface area contributed by atoms with Gasteiger partial charge in [-0.15, -0.1) is 11.3 Å². The number of rotatable bonds is 5. The Morgan fingerprint density at radius 3 is 3.00 bits per heavy atom. The summed E-state index contributed by atoms with van der Waals surface area (Å²) in [5.74, 6) is 1.35. The smallest absolute Gasteiger partial charge is 0.119 e. The number of aryl methyl sites for hydroxylation is 1. The lowest BCUT2D eigenvalue weighted by Crippen LogP contribution is -2.22. The van der Waals surface area contributed by atoms with Gasteiger partial charge in [0, 0.05) is 11.1 Å². The van der Waals surface area contributed by atoms with Crippen LogP contribution in [0.15, 0.2) is 5.38 Å². The fraction of sp³-hybridized carbons (Fsp3) is 0.750. The summed E-state index contributed by atoms with van der Waals surface area (Å²) in [7, 11) is 0. The minimum Gasteiger partial charge on any atom is -0.374 e. The van der Waals surface area contributed by atoms with Gasteiger partial charge in [-0.2, -0.15) is 0 Å². The first kappa shape index (κ1) is 12.0. The molecular formula is C12H20N2OS. The van der Waals surface area contributed by atoms with Crippen molar-refractivity contribution in [3.8, 4) is 0 Å². The van der Waals surface area contributed by atoms with Gasteiger partial charge in [0.2, 0.25) is 0 Å². The first-order valence-electron chi connectivity index (χ1n) is 5.98. The van der Waals surface area contributed by atoms with E-state index >= 15 is 0 Å². The van der Waals surface area contributed by atoms with Crippen LogP contribution in [0.5, 0.6) is 0 Å². The first-order valence-corrected chi connectivity index (χ1v) is 6.86. The van der Waals surface area contributed by atoms with Gasteiger partial charge in [-0.25, -0.2) is 4.98 Å². The largest absolute Gasteiger partial charge is 0.374 e. The third-order valence-electron chi connectivity index (χ3n) is 3.34. The molecule has 4 heteroatoms. The maximum Gasteiger partial charge on any atom is 0.119 e. The highest BCUT2D eigenvalue weighted by Crippen LogP contribution is 2.31. The van der Waals surface area contributed by atoms with Crippen LogP contribution in [0, 0.1) is 18.8 Å². The van der Waals surface area contributed by atoms with E-state index in [4.69, 9.17) is 10.5 Å². The molecule has 0 spiro atoms. The van der Waals surface area contributed by atoms with Gasteiger partial charge >= 0.3 is 0 Å². The predicted octanol–water partition coefficient (Wildman–Crippen LogP) is 2.34. The number of hydrogen-bond donors (Lipinski definition) is 1. The number of nitrogens with two attached hydrogens (primary N) is 1. The number of hydrogen-bond acceptors (Lipinski definition) is 4. The minimum atomic E-state index is 0.659. The Balaban J connectivity index is 1.71. The highest BCUT2D eigenvalue weighted by Gasteiger charge is 2.25. The molecule has 1 aromatic heterocycles. The zero-order valence-electron chi connectivity index (χ0n) is 9.82. The van der Waals surface area contributed by atoms with Crippen LogP contribution in [-0.2, 0) is 11.3 Å². The molecule has 1 aromatic rings. The van der Waals surface area contributed by atoms with Crippen molar-refractivity contribution in [3.63, 3.8) is 0 Å². The van der Waals surface area contributed by atoms with Gasteiger partial charge in [-0.1, -0.05) is 6.42 Å². The quantitative estimate of drug-likeness (QED) is 0.859. The molecule has 0 aromatic carbocycles. The Morgan fingerprint density at radius 2 is 2.31 bits per heavy atom. The van der Waals surface area contributed by atoms with Crippen molar-refractivity contribution in [1.29, 1.82) is 0 Å². The summed E-state index contributed by atoms with van der Waals surface area (Å²) in [4.78, 5) is 4.38. The van der Waals surface area contributed by atoms with E-state index in [0.717, 1.165) is 23.9 Å².